The van der Waals surface area contributed by atoms with Crippen LogP contribution in [0.5, 0.6) is 0 Å². The molecule has 0 saturated heterocycles. The number of carbonyl (C=O) groups is 2. The van der Waals surface area contributed by atoms with E-state index in [0.717, 1.165) is 16.7 Å². The molecular weight excluding hydrogens is 266 g/mol. The minimum Gasteiger partial charge on any atom is -0.481 e. The average Bonchev–Trinajstić information content (AvgIpc) is 2.47. The Morgan fingerprint density at radius 2 is 1.48 bits per heavy atom. The molecule has 0 aliphatic carbocycles. The van der Waals surface area contributed by atoms with Crippen LogP contribution >= 0.6 is 0 Å². The summed E-state index contributed by atoms with van der Waals surface area (Å²) in [5.41, 5.74) is 9.29. The van der Waals surface area contributed by atoms with E-state index in [1.165, 1.54) is 6.92 Å². The van der Waals surface area contributed by atoms with Crippen LogP contribution in [-0.4, -0.2) is 16.9 Å². The lowest BCUT2D eigenvalue weighted by atomic mass is 9.98. The summed E-state index contributed by atoms with van der Waals surface area (Å²) in [6.45, 7) is 1.54. The quantitative estimate of drug-likeness (QED) is 0.826. The van der Waals surface area contributed by atoms with Gasteiger partial charge in [0, 0.05) is 11.6 Å². The van der Waals surface area contributed by atoms with Gasteiger partial charge in [-0.2, -0.15) is 0 Å². The van der Waals surface area contributed by atoms with Crippen molar-refractivity contribution in [3.63, 3.8) is 0 Å². The molecule has 0 spiro atoms. The van der Waals surface area contributed by atoms with Crippen molar-refractivity contribution in [2.75, 3.05) is 0 Å². The third-order valence-corrected chi connectivity index (χ3v) is 3.36. The molecule has 2 aromatic rings. The molecule has 21 heavy (non-hydrogen) atoms. The molecule has 2 rings (SSSR count). The van der Waals surface area contributed by atoms with Gasteiger partial charge in [-0.05, 0) is 23.6 Å². The zero-order chi connectivity index (χ0) is 15.4. The lowest BCUT2D eigenvalue weighted by Crippen LogP contribution is -2.14. The minimum atomic E-state index is -0.911. The third-order valence-electron chi connectivity index (χ3n) is 3.36. The van der Waals surface area contributed by atoms with E-state index in [0.29, 0.717) is 5.56 Å². The van der Waals surface area contributed by atoms with E-state index in [1.54, 1.807) is 12.1 Å². The van der Waals surface area contributed by atoms with Crippen molar-refractivity contribution in [3.05, 3.63) is 59.7 Å². The second-order valence-electron chi connectivity index (χ2n) is 4.96. The van der Waals surface area contributed by atoms with Gasteiger partial charge in [0.25, 0.3) is 0 Å². The molecule has 0 bridgehead atoms. The van der Waals surface area contributed by atoms with E-state index in [4.69, 9.17) is 10.8 Å². The summed E-state index contributed by atoms with van der Waals surface area (Å²) < 4.78 is 0. The maximum absolute atomic E-state index is 11.2. The van der Waals surface area contributed by atoms with E-state index in [9.17, 15) is 9.59 Å². The molecule has 1 unspecified atom stereocenters. The summed E-state index contributed by atoms with van der Waals surface area (Å²) in [4.78, 5) is 21.9. The Labute approximate surface area is 123 Å². The van der Waals surface area contributed by atoms with Crippen LogP contribution in [0.3, 0.4) is 0 Å². The molecule has 0 heterocycles. The Hall–Kier alpha value is -2.46. The Morgan fingerprint density at radius 1 is 1.00 bits per heavy atom. The summed E-state index contributed by atoms with van der Waals surface area (Å²) in [5, 5.41) is 8.74. The fourth-order valence-electron chi connectivity index (χ4n) is 2.13. The molecule has 4 heteroatoms. The Balaban J connectivity index is 2.18. The van der Waals surface area contributed by atoms with Crippen molar-refractivity contribution in [2.24, 2.45) is 5.73 Å². The van der Waals surface area contributed by atoms with Gasteiger partial charge in [0.15, 0.2) is 5.78 Å². The highest BCUT2D eigenvalue weighted by Crippen LogP contribution is 2.23. The van der Waals surface area contributed by atoms with Crippen LogP contribution in [0.4, 0.5) is 0 Å². The van der Waals surface area contributed by atoms with E-state index >= 15 is 0 Å². The van der Waals surface area contributed by atoms with Crippen molar-refractivity contribution >= 4 is 11.8 Å². The lowest BCUT2D eigenvalue weighted by Gasteiger charge is -2.10. The molecule has 0 amide bonds. The molecule has 0 aliphatic rings. The van der Waals surface area contributed by atoms with Crippen LogP contribution in [0.15, 0.2) is 48.5 Å². The van der Waals surface area contributed by atoms with Crippen molar-refractivity contribution < 1.29 is 14.7 Å². The maximum atomic E-state index is 11.2. The zero-order valence-corrected chi connectivity index (χ0v) is 11.7. The number of benzene rings is 2. The summed E-state index contributed by atoms with van der Waals surface area (Å²) in [5.74, 6) is -0.872. The van der Waals surface area contributed by atoms with Gasteiger partial charge in [-0.3, -0.25) is 9.59 Å². The van der Waals surface area contributed by atoms with E-state index in [-0.39, 0.29) is 12.2 Å². The Morgan fingerprint density at radius 3 is 1.90 bits per heavy atom. The predicted molar refractivity (Wildman–Crippen MR) is 81.1 cm³/mol. The van der Waals surface area contributed by atoms with Crippen molar-refractivity contribution in [2.45, 2.75) is 19.4 Å². The molecular formula is C17H17NO3. The van der Waals surface area contributed by atoms with Crippen LogP contribution in [0.25, 0.3) is 11.1 Å². The predicted octanol–water partition coefficient (Wildman–Crippen LogP) is 3.03. The average molecular weight is 283 g/mol. The van der Waals surface area contributed by atoms with E-state index < -0.39 is 12.0 Å². The van der Waals surface area contributed by atoms with Crippen molar-refractivity contribution in [1.82, 2.24) is 0 Å². The molecule has 108 valence electrons. The number of carbonyl (C=O) groups excluding carboxylic acids is 1. The van der Waals surface area contributed by atoms with Gasteiger partial charge in [-0.15, -0.1) is 0 Å². The highest BCUT2D eigenvalue weighted by Gasteiger charge is 2.10. The molecule has 0 aromatic heterocycles. The normalized spacial score (nSPS) is 11.9. The largest absolute Gasteiger partial charge is 0.481 e. The molecule has 0 fully saturated rings. The second-order valence-corrected chi connectivity index (χ2v) is 4.96. The number of hydrogen-bond donors (Lipinski definition) is 2. The third kappa shape index (κ3) is 3.77. The smallest absolute Gasteiger partial charge is 0.305 e. The van der Waals surface area contributed by atoms with Gasteiger partial charge in [0.05, 0.1) is 6.42 Å². The number of ketones is 1. The molecule has 0 radical (unpaired) electrons. The molecule has 1 atom stereocenters. The zero-order valence-electron chi connectivity index (χ0n) is 11.7. The van der Waals surface area contributed by atoms with Crippen LogP contribution in [0.2, 0.25) is 0 Å². The first-order chi connectivity index (χ1) is 9.97. The first-order valence-corrected chi connectivity index (χ1v) is 6.66. The topological polar surface area (TPSA) is 80.4 Å². The van der Waals surface area contributed by atoms with Crippen LogP contribution in [0.1, 0.15) is 35.3 Å². The summed E-state index contributed by atoms with van der Waals surface area (Å²) in [6, 6.07) is 14.3. The number of hydrogen-bond acceptors (Lipinski definition) is 3. The fraction of sp³-hybridized carbons (Fsp3) is 0.176. The van der Waals surface area contributed by atoms with Gasteiger partial charge in [-0.25, -0.2) is 0 Å². The van der Waals surface area contributed by atoms with Crippen LogP contribution in [-0.2, 0) is 4.79 Å². The Kier molecular flexibility index (Phi) is 4.50. The summed E-state index contributed by atoms with van der Waals surface area (Å²) >= 11 is 0. The number of rotatable bonds is 5. The molecule has 2 aromatic carbocycles. The van der Waals surface area contributed by atoms with Gasteiger partial charge in [0.2, 0.25) is 0 Å². The fourth-order valence-corrected chi connectivity index (χ4v) is 2.13. The second kappa shape index (κ2) is 6.33. The first kappa shape index (κ1) is 14.9. The molecule has 0 saturated carbocycles. The van der Waals surface area contributed by atoms with Gasteiger partial charge < -0.3 is 10.8 Å². The Bertz CT molecular complexity index is 645. The highest BCUT2D eigenvalue weighted by molar-refractivity contribution is 5.94. The molecule has 0 aliphatic heterocycles. The minimum absolute atomic E-state index is 0.0385. The van der Waals surface area contributed by atoms with Crippen molar-refractivity contribution in [3.8, 4) is 11.1 Å². The number of aliphatic carboxylic acids is 1. The van der Waals surface area contributed by atoms with E-state index in [1.807, 2.05) is 36.4 Å². The number of nitrogens with two attached hydrogens (primary N) is 1. The van der Waals surface area contributed by atoms with Gasteiger partial charge in [0.1, 0.15) is 0 Å². The number of carboxylic acids is 1. The number of Topliss-reactive ketones (excluding diaryl/α,β-unsaturated/α-hetero) is 1. The van der Waals surface area contributed by atoms with Gasteiger partial charge in [-0.1, -0.05) is 48.5 Å². The summed E-state index contributed by atoms with van der Waals surface area (Å²) in [7, 11) is 0. The van der Waals surface area contributed by atoms with Crippen LogP contribution < -0.4 is 5.73 Å². The maximum Gasteiger partial charge on any atom is 0.305 e. The first-order valence-electron chi connectivity index (χ1n) is 6.66. The summed E-state index contributed by atoms with van der Waals surface area (Å²) in [6.07, 6.45) is -0.0906. The number of carboxylic acid groups (broad SMARTS) is 1. The monoisotopic (exact) mass is 283 g/mol. The lowest BCUT2D eigenvalue weighted by molar-refractivity contribution is -0.137. The highest BCUT2D eigenvalue weighted by atomic mass is 16.4. The van der Waals surface area contributed by atoms with Crippen molar-refractivity contribution in [1.29, 1.82) is 0 Å². The SMILES string of the molecule is CC(=O)c1ccc(-c2ccc(C(N)CC(=O)O)cc2)cc1. The standard InChI is InChI=1S/C17H17NO3/c1-11(19)12-2-4-13(5-3-12)14-6-8-15(9-7-14)16(18)10-17(20)21/h2-9,16H,10,18H2,1H3,(H,20,21). The molecule has 4 nitrogen and oxygen atoms in total. The molecule has 3 N–H and O–H groups in total. The van der Waals surface area contributed by atoms with Gasteiger partial charge >= 0.3 is 5.97 Å². The van der Waals surface area contributed by atoms with E-state index in [2.05, 4.69) is 0 Å². The van der Waals surface area contributed by atoms with Crippen LogP contribution in [0, 0.1) is 0 Å².